The van der Waals surface area contributed by atoms with E-state index in [1.165, 1.54) is 0 Å². The number of phenols is 4. The van der Waals surface area contributed by atoms with Gasteiger partial charge in [0.2, 0.25) is 0 Å². The van der Waals surface area contributed by atoms with Crippen molar-refractivity contribution in [2.75, 3.05) is 26.9 Å². The summed E-state index contributed by atoms with van der Waals surface area (Å²) in [5.74, 6) is 2.08. The molecule has 0 saturated carbocycles. The second-order valence-electron chi connectivity index (χ2n) is 28.6. The zero-order valence-electron chi connectivity index (χ0n) is 55.0. The minimum Gasteiger partial charge on any atom is -0.507 e. The Morgan fingerprint density at radius 1 is 0.304 bits per heavy atom. The third kappa shape index (κ3) is 12.9. The standard InChI is InChI=1S/C80H92N4O8/c1-49(2)29-57-61-33-66(78-69(73(61)85)41-81(46-90-78)37-53-21-13-9-14-22-53)59(31-51(5)6)63-35-68(80-71(75(63)87)43-83(48-92-80)39-55-25-17-11-18-26-55)60(32-52(7)8)64-36-67(79-72(76(64)88)44-84(47-91-79)40-56-27-19-12-20-28-56)58(30-50(3)4)62-34-65(57)77-70(74(62)86)42-82(45-89-77)38-54-23-15-10-16-24-54/h9-28,33-36,49-52,57-60,85-88H,29-32,37-48H2,1-8H3. The first-order valence-electron chi connectivity index (χ1n) is 33.6. The summed E-state index contributed by atoms with van der Waals surface area (Å²) >= 11 is 0. The van der Waals surface area contributed by atoms with Crippen molar-refractivity contribution in [1.29, 1.82) is 0 Å². The lowest BCUT2D eigenvalue weighted by molar-refractivity contribution is 0.0841. The maximum atomic E-state index is 13.6. The highest BCUT2D eigenvalue weighted by atomic mass is 16.5. The van der Waals surface area contributed by atoms with Crippen LogP contribution in [-0.2, 0) is 52.4 Å². The predicted molar refractivity (Wildman–Crippen MR) is 362 cm³/mol. The molecule has 5 aliphatic rings. The summed E-state index contributed by atoms with van der Waals surface area (Å²) < 4.78 is 28.6. The molecule has 12 heteroatoms. The summed E-state index contributed by atoms with van der Waals surface area (Å²) in [5, 5.41) is 54.6. The summed E-state index contributed by atoms with van der Waals surface area (Å²) in [4.78, 5) is 9.00. The van der Waals surface area contributed by atoms with E-state index in [0.29, 0.717) is 150 Å². The van der Waals surface area contributed by atoms with E-state index < -0.39 is 23.7 Å². The minimum absolute atomic E-state index is 0.141. The maximum Gasteiger partial charge on any atom is 0.142 e. The Kier molecular flexibility index (Phi) is 18.4. The number of hydrogen-bond acceptors (Lipinski definition) is 12. The fourth-order valence-corrected chi connectivity index (χ4v) is 15.4. The van der Waals surface area contributed by atoms with E-state index in [2.05, 4.69) is 196 Å². The van der Waals surface area contributed by atoms with Crippen LogP contribution < -0.4 is 18.9 Å². The van der Waals surface area contributed by atoms with E-state index in [4.69, 9.17) is 18.9 Å². The zero-order chi connectivity index (χ0) is 63.9. The van der Waals surface area contributed by atoms with Gasteiger partial charge in [-0.1, -0.05) is 177 Å². The van der Waals surface area contributed by atoms with Crippen molar-refractivity contribution >= 4 is 0 Å². The molecule has 4 aliphatic heterocycles. The molecular formula is C80H92N4O8. The third-order valence-electron chi connectivity index (χ3n) is 19.5. The van der Waals surface area contributed by atoms with Crippen LogP contribution in [0.3, 0.4) is 0 Å². The number of benzene rings is 8. The first-order chi connectivity index (χ1) is 44.5. The van der Waals surface area contributed by atoms with E-state index in [0.717, 1.165) is 66.8 Å². The topological polar surface area (TPSA) is 131 Å². The highest BCUT2D eigenvalue weighted by Gasteiger charge is 2.42. The van der Waals surface area contributed by atoms with Crippen LogP contribution in [0.2, 0.25) is 0 Å². The Balaban J connectivity index is 1.13. The minimum atomic E-state index is -0.445. The van der Waals surface area contributed by atoms with Gasteiger partial charge >= 0.3 is 0 Å². The van der Waals surface area contributed by atoms with E-state index in [-0.39, 0.29) is 46.7 Å². The third-order valence-corrected chi connectivity index (χ3v) is 19.5. The summed E-state index contributed by atoms with van der Waals surface area (Å²) in [7, 11) is 0. The van der Waals surface area contributed by atoms with Gasteiger partial charge in [0.05, 0.1) is 22.3 Å². The van der Waals surface area contributed by atoms with Crippen molar-refractivity contribution in [2.45, 2.75) is 157 Å². The number of rotatable bonds is 16. The Hall–Kier alpha value is -8.00. The van der Waals surface area contributed by atoms with Crippen molar-refractivity contribution in [3.63, 3.8) is 0 Å². The zero-order valence-corrected chi connectivity index (χ0v) is 55.0. The molecule has 0 amide bonds. The second kappa shape index (κ2) is 26.9. The molecule has 480 valence electrons. The molecule has 0 spiro atoms. The fourth-order valence-electron chi connectivity index (χ4n) is 15.4. The molecule has 13 rings (SSSR count). The molecule has 4 heterocycles. The van der Waals surface area contributed by atoms with E-state index in [1.807, 2.05) is 24.3 Å². The van der Waals surface area contributed by atoms with Crippen molar-refractivity contribution in [3.05, 3.63) is 235 Å². The van der Waals surface area contributed by atoms with Crippen LogP contribution in [0.1, 0.15) is 194 Å². The van der Waals surface area contributed by atoms with Gasteiger partial charge < -0.3 is 39.4 Å². The van der Waals surface area contributed by atoms with Crippen LogP contribution in [0.15, 0.2) is 146 Å². The molecule has 0 aromatic heterocycles. The van der Waals surface area contributed by atoms with Gasteiger partial charge in [-0.2, -0.15) is 0 Å². The lowest BCUT2D eigenvalue weighted by atomic mass is 9.73. The molecule has 0 fully saturated rings. The number of hydrogen-bond donors (Lipinski definition) is 4. The van der Waals surface area contributed by atoms with Gasteiger partial charge in [0.1, 0.15) is 72.9 Å². The normalized spacial score (nSPS) is 19.2. The fraction of sp³-hybridized carbons (Fsp3) is 0.400. The number of nitrogens with zero attached hydrogens (tertiary/aromatic N) is 4. The number of aromatic hydroxyl groups is 4. The van der Waals surface area contributed by atoms with Gasteiger partial charge in [0.25, 0.3) is 0 Å². The average Bonchev–Trinajstić information content (AvgIpc) is 0.744. The smallest absolute Gasteiger partial charge is 0.142 e. The lowest BCUT2D eigenvalue weighted by Gasteiger charge is -2.39. The van der Waals surface area contributed by atoms with Crippen LogP contribution in [0.25, 0.3) is 0 Å². The Labute approximate surface area is 544 Å². The molecule has 0 radical (unpaired) electrons. The Bertz CT molecular complexity index is 3400. The summed E-state index contributed by atoms with van der Waals surface area (Å²) in [6, 6.07) is 50.6. The molecule has 92 heavy (non-hydrogen) atoms. The predicted octanol–water partition coefficient (Wildman–Crippen LogP) is 16.9. The van der Waals surface area contributed by atoms with Crippen molar-refractivity contribution < 1.29 is 39.4 Å². The average molecular weight is 1240 g/mol. The van der Waals surface area contributed by atoms with Crippen LogP contribution in [-0.4, -0.2) is 66.9 Å². The van der Waals surface area contributed by atoms with Crippen molar-refractivity contribution in [1.82, 2.24) is 19.6 Å². The highest BCUT2D eigenvalue weighted by Crippen LogP contribution is 2.58. The molecule has 8 aromatic rings. The molecular weight excluding hydrogens is 1140 g/mol. The quantitative estimate of drug-likeness (QED) is 0.0735. The SMILES string of the molecule is CC(C)CC1c2cc(c3c(c2O)CN(Cc2ccccc2)CO3)C(CC(C)C)c2cc(c3c(c2O)CN(Cc2ccccc2)CO3)C(CC(C)C)c2cc(c3c(c2O)CN(Cc2ccccc2)CO3)C(CC(C)C)c2cc1c1c(c2O)CN(Cc2ccccc2)CO1. The molecule has 4 atom stereocenters. The van der Waals surface area contributed by atoms with Crippen LogP contribution in [0.5, 0.6) is 46.0 Å². The highest BCUT2D eigenvalue weighted by molar-refractivity contribution is 5.69. The maximum absolute atomic E-state index is 13.6. The number of fused-ring (bicyclic) bond motifs is 16. The van der Waals surface area contributed by atoms with Crippen molar-refractivity contribution in [3.8, 4) is 46.0 Å². The molecule has 8 aromatic carbocycles. The van der Waals surface area contributed by atoms with Gasteiger partial charge in [-0.25, -0.2) is 0 Å². The Morgan fingerprint density at radius 3 is 0.685 bits per heavy atom. The monoisotopic (exact) mass is 1240 g/mol. The largest absolute Gasteiger partial charge is 0.507 e. The van der Waals surface area contributed by atoms with Crippen LogP contribution in [0.4, 0.5) is 0 Å². The van der Waals surface area contributed by atoms with Gasteiger partial charge in [-0.3, -0.25) is 19.6 Å². The second-order valence-corrected chi connectivity index (χ2v) is 28.6. The molecule has 4 N–H and O–H groups in total. The van der Waals surface area contributed by atoms with Gasteiger partial charge in [-0.05, 0) is 95.9 Å². The van der Waals surface area contributed by atoms with Gasteiger partial charge in [0, 0.05) is 121 Å². The van der Waals surface area contributed by atoms with Gasteiger partial charge in [-0.15, -0.1) is 0 Å². The van der Waals surface area contributed by atoms with E-state index in [9.17, 15) is 20.4 Å². The Morgan fingerprint density at radius 2 is 0.500 bits per heavy atom. The molecule has 4 unspecified atom stereocenters. The molecule has 8 bridgehead atoms. The van der Waals surface area contributed by atoms with Gasteiger partial charge in [0.15, 0.2) is 0 Å². The van der Waals surface area contributed by atoms with E-state index in [1.54, 1.807) is 0 Å². The first kappa shape index (κ1) is 62.8. The summed E-state index contributed by atoms with van der Waals surface area (Å²) in [5.41, 5.74) is 14.0. The van der Waals surface area contributed by atoms with Crippen LogP contribution >= 0.6 is 0 Å². The lowest BCUT2D eigenvalue weighted by Crippen LogP contribution is -2.34. The van der Waals surface area contributed by atoms with Crippen LogP contribution in [0, 0.1) is 23.7 Å². The number of ether oxygens (including phenoxy) is 4. The molecule has 0 saturated heterocycles. The molecule has 1 aliphatic carbocycles. The summed E-state index contributed by atoms with van der Waals surface area (Å²) in [6.45, 7) is 23.2. The van der Waals surface area contributed by atoms with Crippen molar-refractivity contribution in [2.24, 2.45) is 23.7 Å². The summed E-state index contributed by atoms with van der Waals surface area (Å²) in [6.07, 6.45) is 2.54. The van der Waals surface area contributed by atoms with E-state index >= 15 is 0 Å². The first-order valence-corrected chi connectivity index (χ1v) is 33.6. The number of phenolic OH excluding ortho intramolecular Hbond substituents is 4. The molecule has 12 nitrogen and oxygen atoms in total.